The Hall–Kier alpha value is 1.05. The van der Waals surface area contributed by atoms with Crippen LogP contribution in [0.1, 0.15) is 20.8 Å². The van der Waals surface area contributed by atoms with Crippen LogP contribution < -0.4 is 0 Å². The van der Waals surface area contributed by atoms with E-state index in [2.05, 4.69) is 0 Å². The number of hydrogen-bond acceptors (Lipinski definition) is 3. The fourth-order valence-electron chi connectivity index (χ4n) is 0.479. The average Bonchev–Trinajstić information content (AvgIpc) is 1.90. The number of rotatable bonds is 6. The third-order valence-corrected chi connectivity index (χ3v) is 4.65. The summed E-state index contributed by atoms with van der Waals surface area (Å²) in [6.07, 6.45) is 0. The molecule has 0 aromatic rings. The van der Waals surface area contributed by atoms with Gasteiger partial charge < -0.3 is 0 Å². The Morgan fingerprint density at radius 2 is 1.09 bits per heavy atom. The Balaban J connectivity index is 0. The monoisotopic (exact) mass is 261 g/mol. The Labute approximate surface area is 84.3 Å². The van der Waals surface area contributed by atoms with Crippen LogP contribution in [0.5, 0.6) is 0 Å². The maximum absolute atomic E-state index is 5.28. The van der Waals surface area contributed by atoms with E-state index in [1.807, 2.05) is 20.8 Å². The maximum Gasteiger partial charge on any atom is -0.147 e. The van der Waals surface area contributed by atoms with Crippen LogP contribution >= 0.6 is 12.4 Å². The second-order valence-electron chi connectivity index (χ2n) is 1.55. The second kappa shape index (κ2) is 11.1. The standard InChI is InChI=1S/3C2H5O.ClH.Zr/c3*1-2-3;;/h3*2H2,1H3;1H;/q3*-1;;+3. The molecule has 0 heterocycles. The minimum Gasteiger partial charge on any atom is -0.147 e. The van der Waals surface area contributed by atoms with Gasteiger partial charge in [0, 0.05) is 0 Å². The molecule has 0 aromatic heterocycles. The van der Waals surface area contributed by atoms with E-state index >= 15 is 0 Å². The van der Waals surface area contributed by atoms with Gasteiger partial charge in [0.15, 0.2) is 0 Å². The second-order valence-corrected chi connectivity index (χ2v) is 4.91. The van der Waals surface area contributed by atoms with Crippen molar-refractivity contribution in [3.8, 4) is 0 Å². The fourth-order valence-corrected chi connectivity index (χ4v) is 2.83. The van der Waals surface area contributed by atoms with Crippen LogP contribution in [0.15, 0.2) is 0 Å². The number of halogens is 1. The molecule has 0 N–H and O–H groups in total. The van der Waals surface area contributed by atoms with Crippen LogP contribution in [0.25, 0.3) is 0 Å². The first-order chi connectivity index (χ1) is 4.85. The van der Waals surface area contributed by atoms with Crippen LogP contribution in [0.4, 0.5) is 0 Å². The average molecular weight is 263 g/mol. The molecule has 0 aromatic carbocycles. The molecule has 0 rings (SSSR count). The van der Waals surface area contributed by atoms with Crippen LogP contribution in [-0.4, -0.2) is 19.8 Å². The van der Waals surface area contributed by atoms with Crippen molar-refractivity contribution in [2.24, 2.45) is 0 Å². The molecule has 11 heavy (non-hydrogen) atoms. The van der Waals surface area contributed by atoms with Crippen LogP contribution in [0, 0.1) is 0 Å². The van der Waals surface area contributed by atoms with E-state index in [4.69, 9.17) is 8.44 Å². The molecule has 0 atom stereocenters. The van der Waals surface area contributed by atoms with Crippen molar-refractivity contribution in [2.45, 2.75) is 20.8 Å². The third-order valence-electron chi connectivity index (χ3n) is 0.787. The van der Waals surface area contributed by atoms with Gasteiger partial charge in [-0.3, -0.25) is 0 Å². The van der Waals surface area contributed by atoms with Crippen molar-refractivity contribution in [2.75, 3.05) is 19.8 Å². The van der Waals surface area contributed by atoms with Crippen molar-refractivity contribution in [1.82, 2.24) is 0 Å². The molecule has 0 radical (unpaired) electrons. The smallest absolute Gasteiger partial charge is 0.147 e. The summed E-state index contributed by atoms with van der Waals surface area (Å²) in [5.41, 5.74) is 0. The van der Waals surface area contributed by atoms with Gasteiger partial charge in [-0.25, -0.2) is 0 Å². The Morgan fingerprint density at radius 1 is 0.818 bits per heavy atom. The van der Waals surface area contributed by atoms with Crippen LogP contribution in [0.2, 0.25) is 0 Å². The van der Waals surface area contributed by atoms with Crippen molar-refractivity contribution in [1.29, 1.82) is 0 Å². The molecule has 69 valence electrons. The summed E-state index contributed by atoms with van der Waals surface area (Å²) >= 11 is -2.26. The third kappa shape index (κ3) is 8.96. The van der Waals surface area contributed by atoms with Crippen molar-refractivity contribution in [3.05, 3.63) is 0 Å². The molecule has 0 aliphatic carbocycles. The summed E-state index contributed by atoms with van der Waals surface area (Å²) in [6, 6.07) is 0. The SMILES string of the molecule is CC[O][Zr]([O]CC)[O]CC.Cl. The predicted octanol–water partition coefficient (Wildman–Crippen LogP) is 1.88. The molecule has 0 saturated carbocycles. The largest absolute Gasteiger partial charge is 0.147 e. The molecular weight excluding hydrogens is 247 g/mol. The molecular formula is C6H16ClO3Zr. The van der Waals surface area contributed by atoms with Gasteiger partial charge in [-0.1, -0.05) is 0 Å². The van der Waals surface area contributed by atoms with Crippen LogP contribution in [0.3, 0.4) is 0 Å². The van der Waals surface area contributed by atoms with Gasteiger partial charge in [-0.05, 0) is 0 Å². The van der Waals surface area contributed by atoms with Crippen molar-refractivity contribution < 1.29 is 31.5 Å². The van der Waals surface area contributed by atoms with Crippen LogP contribution in [-0.2, 0) is 31.5 Å². The molecule has 0 unspecified atom stereocenters. The molecule has 0 bridgehead atoms. The van der Waals surface area contributed by atoms with E-state index in [-0.39, 0.29) is 12.4 Å². The molecule has 0 fully saturated rings. The molecule has 3 nitrogen and oxygen atoms in total. The normalized spacial score (nSPS) is 9.00. The van der Waals surface area contributed by atoms with Gasteiger partial charge in [0.1, 0.15) is 0 Å². The molecule has 0 aliphatic heterocycles. The quantitative estimate of drug-likeness (QED) is 0.732. The summed E-state index contributed by atoms with van der Waals surface area (Å²) in [5.74, 6) is 0. The topological polar surface area (TPSA) is 27.7 Å². The van der Waals surface area contributed by atoms with Gasteiger partial charge in [0.05, 0.1) is 0 Å². The van der Waals surface area contributed by atoms with Gasteiger partial charge in [-0.15, -0.1) is 12.4 Å². The zero-order valence-electron chi connectivity index (χ0n) is 7.25. The van der Waals surface area contributed by atoms with E-state index in [0.717, 1.165) is 0 Å². The predicted molar refractivity (Wildman–Crippen MR) is 42.1 cm³/mol. The Bertz CT molecular complexity index is 60.6. The summed E-state index contributed by atoms with van der Waals surface area (Å²) in [5, 5.41) is 0. The summed E-state index contributed by atoms with van der Waals surface area (Å²) in [7, 11) is 0. The van der Waals surface area contributed by atoms with Crippen molar-refractivity contribution in [3.63, 3.8) is 0 Å². The summed E-state index contributed by atoms with van der Waals surface area (Å²) < 4.78 is 15.8. The number of hydrogen-bond donors (Lipinski definition) is 0. The molecule has 0 saturated heterocycles. The Kier molecular flexibility index (Phi) is 14.6. The zero-order chi connectivity index (χ0) is 7.82. The van der Waals surface area contributed by atoms with Gasteiger partial charge in [0.2, 0.25) is 0 Å². The van der Waals surface area contributed by atoms with Crippen molar-refractivity contribution >= 4 is 12.4 Å². The first-order valence-corrected chi connectivity index (χ1v) is 6.61. The molecule has 0 spiro atoms. The van der Waals surface area contributed by atoms with Gasteiger partial charge >= 0.3 is 72.1 Å². The summed E-state index contributed by atoms with van der Waals surface area (Å²) in [4.78, 5) is 0. The first-order valence-electron chi connectivity index (χ1n) is 3.60. The van der Waals surface area contributed by atoms with Gasteiger partial charge in [0.25, 0.3) is 0 Å². The van der Waals surface area contributed by atoms with Gasteiger partial charge in [-0.2, -0.15) is 0 Å². The first kappa shape index (κ1) is 14.6. The zero-order valence-corrected chi connectivity index (χ0v) is 10.5. The van der Waals surface area contributed by atoms with E-state index < -0.39 is 23.1 Å². The van der Waals surface area contributed by atoms with E-state index in [1.165, 1.54) is 0 Å². The minimum atomic E-state index is -2.26. The molecule has 0 aliphatic rings. The molecule has 5 heteroatoms. The maximum atomic E-state index is 5.28. The summed E-state index contributed by atoms with van der Waals surface area (Å²) in [6.45, 7) is 7.98. The van der Waals surface area contributed by atoms with E-state index in [0.29, 0.717) is 19.8 Å². The molecule has 0 amide bonds. The minimum absolute atomic E-state index is 0. The van der Waals surface area contributed by atoms with E-state index in [9.17, 15) is 0 Å². The fraction of sp³-hybridized carbons (Fsp3) is 1.00. The Morgan fingerprint density at radius 3 is 1.27 bits per heavy atom. The van der Waals surface area contributed by atoms with E-state index in [1.54, 1.807) is 0 Å².